The van der Waals surface area contributed by atoms with Crippen molar-refractivity contribution in [2.45, 2.75) is 49.5 Å². The van der Waals surface area contributed by atoms with Crippen molar-refractivity contribution < 1.29 is 13.2 Å². The lowest BCUT2D eigenvalue weighted by Gasteiger charge is -2.38. The van der Waals surface area contributed by atoms with Crippen molar-refractivity contribution in [3.63, 3.8) is 0 Å². The lowest BCUT2D eigenvalue weighted by Crippen LogP contribution is -2.45. The van der Waals surface area contributed by atoms with Gasteiger partial charge in [-0.15, -0.1) is 0 Å². The Hall–Kier alpha value is -1.16. The summed E-state index contributed by atoms with van der Waals surface area (Å²) >= 11 is 0. The van der Waals surface area contributed by atoms with E-state index in [2.05, 4.69) is 0 Å². The molecule has 0 radical (unpaired) electrons. The summed E-state index contributed by atoms with van der Waals surface area (Å²) in [4.78, 5) is 12.6. The monoisotopic (exact) mass is 292 g/mol. The first-order valence-corrected chi connectivity index (χ1v) is 8.93. The van der Waals surface area contributed by atoms with Crippen molar-refractivity contribution in [2.24, 2.45) is 5.92 Å². The number of rotatable bonds is 2. The van der Waals surface area contributed by atoms with Crippen molar-refractivity contribution in [3.8, 4) is 0 Å². The number of carbonyl (C=O) groups is 1. The molecule has 3 rings (SSSR count). The molecular formula is C16H20O3S. The normalized spacial score (nSPS) is 31.8. The van der Waals surface area contributed by atoms with Crippen molar-refractivity contribution in [3.05, 3.63) is 35.4 Å². The maximum absolute atomic E-state index is 12.6. The van der Waals surface area contributed by atoms with Gasteiger partial charge in [0.15, 0.2) is 15.6 Å². The Bertz CT molecular complexity index is 596. The van der Waals surface area contributed by atoms with Crippen LogP contribution in [-0.4, -0.2) is 24.7 Å². The summed E-state index contributed by atoms with van der Waals surface area (Å²) in [5.41, 5.74) is 1.85. The summed E-state index contributed by atoms with van der Waals surface area (Å²) in [6.45, 7) is 1.99. The number of ketones is 1. The van der Waals surface area contributed by atoms with E-state index < -0.39 is 9.84 Å². The Morgan fingerprint density at radius 1 is 1.05 bits per heavy atom. The van der Waals surface area contributed by atoms with Gasteiger partial charge in [-0.2, -0.15) is 0 Å². The second-order valence-corrected chi connectivity index (χ2v) is 8.67. The van der Waals surface area contributed by atoms with Crippen LogP contribution in [0.5, 0.6) is 0 Å². The molecule has 108 valence electrons. The summed E-state index contributed by atoms with van der Waals surface area (Å²) in [6, 6.07) is 7.59. The van der Waals surface area contributed by atoms with Gasteiger partial charge >= 0.3 is 0 Å². The first-order valence-electron chi connectivity index (χ1n) is 7.32. The molecule has 2 aliphatic heterocycles. The maximum atomic E-state index is 12.6. The SMILES string of the molecule is Cc1ccc(C(=O)C2CC3CCCC(C2)S3(=O)=O)cc1. The number of benzene rings is 1. The molecule has 2 bridgehead atoms. The Morgan fingerprint density at radius 2 is 1.60 bits per heavy atom. The largest absolute Gasteiger partial charge is 0.294 e. The Kier molecular flexibility index (Phi) is 3.44. The van der Waals surface area contributed by atoms with Crippen LogP contribution < -0.4 is 0 Å². The highest BCUT2D eigenvalue weighted by molar-refractivity contribution is 7.92. The van der Waals surface area contributed by atoms with E-state index in [9.17, 15) is 13.2 Å². The van der Waals surface area contributed by atoms with Gasteiger partial charge in [0.2, 0.25) is 0 Å². The molecule has 2 fully saturated rings. The molecule has 3 nitrogen and oxygen atoms in total. The number of fused-ring (bicyclic) bond motifs is 2. The van der Waals surface area contributed by atoms with Crippen molar-refractivity contribution in [1.29, 1.82) is 0 Å². The fourth-order valence-electron chi connectivity index (χ4n) is 3.58. The molecule has 2 atom stereocenters. The fourth-order valence-corrected chi connectivity index (χ4v) is 6.11. The van der Waals surface area contributed by atoms with Crippen LogP contribution >= 0.6 is 0 Å². The van der Waals surface area contributed by atoms with Crippen LogP contribution in [0.4, 0.5) is 0 Å². The second kappa shape index (κ2) is 4.99. The van der Waals surface area contributed by atoms with Gasteiger partial charge in [0, 0.05) is 11.5 Å². The molecular weight excluding hydrogens is 272 g/mol. The van der Waals surface area contributed by atoms with Crippen LogP contribution in [0.2, 0.25) is 0 Å². The third-order valence-corrected chi connectivity index (χ3v) is 7.50. The van der Waals surface area contributed by atoms with E-state index in [0.29, 0.717) is 12.8 Å². The molecule has 4 heteroatoms. The molecule has 0 saturated carbocycles. The average Bonchev–Trinajstić information content (AvgIpc) is 2.37. The predicted molar refractivity (Wildman–Crippen MR) is 78.6 cm³/mol. The first kappa shape index (κ1) is 13.8. The lowest BCUT2D eigenvalue weighted by atomic mass is 9.84. The van der Waals surface area contributed by atoms with Crippen LogP contribution in [0.1, 0.15) is 48.0 Å². The molecule has 1 aromatic carbocycles. The highest BCUT2D eigenvalue weighted by Gasteiger charge is 2.45. The second-order valence-electron chi connectivity index (χ2n) is 6.16. The standard InChI is InChI=1S/C16H20O3S/c1-11-5-7-12(8-6-11)16(17)13-9-14-3-2-4-15(10-13)20(14,18)19/h5-8,13-15H,2-4,9-10H2,1H3. The summed E-state index contributed by atoms with van der Waals surface area (Å²) < 4.78 is 24.5. The highest BCUT2D eigenvalue weighted by Crippen LogP contribution is 2.40. The topological polar surface area (TPSA) is 51.2 Å². The van der Waals surface area contributed by atoms with Crippen LogP contribution in [0.3, 0.4) is 0 Å². The van der Waals surface area contributed by atoms with E-state index in [1.165, 1.54) is 0 Å². The Morgan fingerprint density at radius 3 is 2.15 bits per heavy atom. The molecule has 1 aromatic rings. The maximum Gasteiger partial charge on any atom is 0.166 e. The minimum Gasteiger partial charge on any atom is -0.294 e. The summed E-state index contributed by atoms with van der Waals surface area (Å²) in [5, 5.41) is -0.566. The van der Waals surface area contributed by atoms with Gasteiger partial charge in [-0.1, -0.05) is 36.2 Å². The van der Waals surface area contributed by atoms with Crippen LogP contribution in [-0.2, 0) is 9.84 Å². The minimum atomic E-state index is -2.97. The van der Waals surface area contributed by atoms with Crippen LogP contribution in [0.25, 0.3) is 0 Å². The quantitative estimate of drug-likeness (QED) is 0.788. The minimum absolute atomic E-state index is 0.114. The molecule has 0 N–H and O–H groups in total. The molecule has 20 heavy (non-hydrogen) atoms. The Labute approximate surface area is 120 Å². The summed E-state index contributed by atoms with van der Waals surface area (Å²) in [7, 11) is -2.97. The summed E-state index contributed by atoms with van der Waals surface area (Å²) in [5.74, 6) is 0.00771. The van der Waals surface area contributed by atoms with E-state index in [1.54, 1.807) is 0 Å². The first-order chi connectivity index (χ1) is 9.48. The summed E-state index contributed by atoms with van der Waals surface area (Å²) in [6.07, 6.45) is 3.49. The van der Waals surface area contributed by atoms with Crippen molar-refractivity contribution in [1.82, 2.24) is 0 Å². The molecule has 2 unspecified atom stereocenters. The van der Waals surface area contributed by atoms with Crippen LogP contribution in [0, 0.1) is 12.8 Å². The van der Waals surface area contributed by atoms with Crippen molar-refractivity contribution in [2.75, 3.05) is 0 Å². The van der Waals surface area contributed by atoms with Gasteiger partial charge in [0.1, 0.15) is 0 Å². The number of carbonyl (C=O) groups excluding carboxylic acids is 1. The zero-order valence-corrected chi connectivity index (χ0v) is 12.5. The zero-order chi connectivity index (χ0) is 14.3. The van der Waals surface area contributed by atoms with Gasteiger partial charge in [-0.05, 0) is 32.6 Å². The van der Waals surface area contributed by atoms with E-state index in [1.807, 2.05) is 31.2 Å². The molecule has 0 spiro atoms. The van der Waals surface area contributed by atoms with Gasteiger partial charge in [0.05, 0.1) is 10.5 Å². The molecule has 0 aromatic heterocycles. The highest BCUT2D eigenvalue weighted by atomic mass is 32.2. The number of Topliss-reactive ketones (excluding diaryl/α,β-unsaturated/α-hetero) is 1. The smallest absolute Gasteiger partial charge is 0.166 e. The fraction of sp³-hybridized carbons (Fsp3) is 0.562. The molecule has 0 aliphatic carbocycles. The number of aryl methyl sites for hydroxylation is 1. The van der Waals surface area contributed by atoms with Gasteiger partial charge in [-0.3, -0.25) is 4.79 Å². The van der Waals surface area contributed by atoms with Gasteiger partial charge in [-0.25, -0.2) is 8.42 Å². The van der Waals surface area contributed by atoms with E-state index in [0.717, 1.165) is 30.4 Å². The number of hydrogen-bond donors (Lipinski definition) is 0. The van der Waals surface area contributed by atoms with Crippen molar-refractivity contribution >= 4 is 15.6 Å². The Balaban J connectivity index is 1.82. The molecule has 2 saturated heterocycles. The molecule has 2 aliphatic rings. The average molecular weight is 292 g/mol. The van der Waals surface area contributed by atoms with E-state index >= 15 is 0 Å². The third-order valence-electron chi connectivity index (χ3n) is 4.78. The van der Waals surface area contributed by atoms with Gasteiger partial charge < -0.3 is 0 Å². The molecule has 2 heterocycles. The van der Waals surface area contributed by atoms with Gasteiger partial charge in [0.25, 0.3) is 0 Å². The van der Waals surface area contributed by atoms with E-state index in [-0.39, 0.29) is 22.2 Å². The molecule has 0 amide bonds. The van der Waals surface area contributed by atoms with Crippen LogP contribution in [0.15, 0.2) is 24.3 Å². The third kappa shape index (κ3) is 2.30. The number of sulfone groups is 1. The number of hydrogen-bond acceptors (Lipinski definition) is 3. The lowest BCUT2D eigenvalue weighted by molar-refractivity contribution is 0.0894. The van der Waals surface area contributed by atoms with E-state index in [4.69, 9.17) is 0 Å². The predicted octanol–water partition coefficient (Wildman–Crippen LogP) is 2.92. The zero-order valence-electron chi connectivity index (χ0n) is 11.7.